The van der Waals surface area contributed by atoms with E-state index < -0.39 is 0 Å². The molecule has 1 aliphatic heterocycles. The van der Waals surface area contributed by atoms with Crippen LogP contribution in [0.25, 0.3) is 16.9 Å². The normalized spacial score (nSPS) is 12.7. The van der Waals surface area contributed by atoms with Gasteiger partial charge in [0.2, 0.25) is 11.4 Å². The Bertz CT molecular complexity index is 1680. The zero-order valence-corrected chi connectivity index (χ0v) is 55.9. The van der Waals surface area contributed by atoms with E-state index in [2.05, 4.69) is 93.5 Å². The summed E-state index contributed by atoms with van der Waals surface area (Å²) in [5.41, 5.74) is 28.5. The fourth-order valence-corrected chi connectivity index (χ4v) is 13.7. The van der Waals surface area contributed by atoms with Crippen molar-refractivity contribution in [3.05, 3.63) is 85.5 Å². The zero-order chi connectivity index (χ0) is 57.4. The number of nitrogens with zero attached hydrogens (tertiary/aromatic N) is 2. The predicted molar refractivity (Wildman–Crippen MR) is 353 cm³/mol. The Labute approximate surface area is 501 Å². The molecule has 0 radical (unpaired) electrons. The Balaban J connectivity index is 0.000000546. The molecule has 0 atom stereocenters. The molecular formula is C76H134N2Ni. The van der Waals surface area contributed by atoms with Gasteiger partial charge in [0.15, 0.2) is 0 Å². The first-order valence-electron chi connectivity index (χ1n) is 35.6. The molecule has 458 valence electrons. The second-order valence-corrected chi connectivity index (χ2v) is 25.9. The van der Waals surface area contributed by atoms with Crippen LogP contribution in [0.4, 0.5) is 0 Å². The smallest absolute Gasteiger partial charge is 0.0654 e. The molecule has 0 fully saturated rings. The second kappa shape index (κ2) is 50.5. The van der Waals surface area contributed by atoms with Gasteiger partial charge in [0.25, 0.3) is 0 Å². The predicted octanol–water partition coefficient (Wildman–Crippen LogP) is 26.6. The van der Waals surface area contributed by atoms with Gasteiger partial charge in [0.1, 0.15) is 0 Å². The third-order valence-electron chi connectivity index (χ3n) is 17.6. The first-order chi connectivity index (χ1) is 38.8. The third-order valence-corrected chi connectivity index (χ3v) is 19.0. The molecule has 2 aromatic carbocycles. The van der Waals surface area contributed by atoms with Crippen LogP contribution >= 0.6 is 0 Å². The first-order valence-corrected chi connectivity index (χ1v) is 37.0. The Hall–Kier alpha value is -1.99. The molecule has 3 heteroatoms. The molecule has 0 saturated carbocycles. The Morgan fingerprint density at radius 2 is 0.494 bits per heavy atom. The molecule has 0 aliphatic carbocycles. The maximum atomic E-state index is 12.3. The quantitative estimate of drug-likeness (QED) is 0.0358. The molecule has 3 rings (SSSR count). The second-order valence-electron chi connectivity index (χ2n) is 24.4. The molecule has 0 aromatic heterocycles. The molecule has 2 aromatic rings. The minimum absolute atomic E-state index is 1.02. The molecule has 0 unspecified atom stereocenters. The van der Waals surface area contributed by atoms with E-state index in [-0.39, 0.29) is 0 Å². The van der Waals surface area contributed by atoms with Crippen LogP contribution in [0.2, 0.25) is 10.8 Å². The molecule has 0 spiro atoms. The summed E-state index contributed by atoms with van der Waals surface area (Å²) in [4.78, 5) is 0. The zero-order valence-electron chi connectivity index (χ0n) is 54.9. The van der Waals surface area contributed by atoms with Crippen LogP contribution in [-0.2, 0) is 53.0 Å². The van der Waals surface area contributed by atoms with E-state index in [4.69, 9.17) is 0 Å². The van der Waals surface area contributed by atoms with Crippen LogP contribution in [0.5, 0.6) is 0 Å². The van der Waals surface area contributed by atoms with Crippen molar-refractivity contribution >= 4 is 11.4 Å². The van der Waals surface area contributed by atoms with Gasteiger partial charge in [-0.1, -0.05) is 159 Å². The van der Waals surface area contributed by atoms with Gasteiger partial charge in [-0.05, 0) is 135 Å². The summed E-state index contributed by atoms with van der Waals surface area (Å²) in [7, 11) is 0. The van der Waals surface area contributed by atoms with Crippen LogP contribution in [0.3, 0.4) is 0 Å². The molecule has 0 N–H and O–H groups in total. The van der Waals surface area contributed by atoms with E-state index in [1.165, 1.54) is 286 Å². The molecular weight excluding hydrogens is 1000 g/mol. The van der Waals surface area contributed by atoms with E-state index >= 15 is 0 Å². The molecule has 0 saturated heterocycles. The van der Waals surface area contributed by atoms with Gasteiger partial charge in [-0.25, -0.2) is 4.70 Å². The summed E-state index contributed by atoms with van der Waals surface area (Å²) in [5, 5.41) is 2.87. The topological polar surface area (TPSA) is 25.3 Å². The molecule has 79 heavy (non-hydrogen) atoms. The summed E-state index contributed by atoms with van der Waals surface area (Å²) < 4.78 is 1.62. The van der Waals surface area contributed by atoms with Gasteiger partial charge in [-0.15, -0.1) is 0 Å². The summed E-state index contributed by atoms with van der Waals surface area (Å²) in [5.74, 6) is 0. The van der Waals surface area contributed by atoms with Crippen LogP contribution in [0.15, 0.2) is 35.4 Å². The molecule has 1 aliphatic rings. The Morgan fingerprint density at radius 1 is 0.278 bits per heavy atom. The van der Waals surface area contributed by atoms with E-state index in [0.717, 1.165) is 88.4 Å². The van der Waals surface area contributed by atoms with Gasteiger partial charge >= 0.3 is 166 Å². The van der Waals surface area contributed by atoms with Gasteiger partial charge in [0, 0.05) is 22.3 Å². The van der Waals surface area contributed by atoms with Gasteiger partial charge < -0.3 is 5.53 Å². The Kier molecular flexibility index (Phi) is 46.8. The van der Waals surface area contributed by atoms with Crippen LogP contribution in [0.1, 0.15) is 383 Å². The summed E-state index contributed by atoms with van der Waals surface area (Å²) >= 11 is 2.04. The number of benzene rings is 2. The van der Waals surface area contributed by atoms with Crippen LogP contribution in [0, 0.1) is 0 Å². The van der Waals surface area contributed by atoms with E-state index in [1.54, 1.807) is 15.8 Å². The van der Waals surface area contributed by atoms with Crippen LogP contribution < -0.4 is 0 Å². The summed E-state index contributed by atoms with van der Waals surface area (Å²) in [6.07, 6.45) is 65.2. The fraction of sp³-hybridized carbons (Fsp3) is 0.789. The molecule has 0 bridgehead atoms. The number of rotatable bonds is 52. The molecule has 1 heterocycles. The van der Waals surface area contributed by atoms with Crippen molar-refractivity contribution in [2.75, 3.05) is 0 Å². The third kappa shape index (κ3) is 30.9. The number of hydrogen-bond donors (Lipinski definition) is 0. The average Bonchev–Trinajstić information content (AvgIpc) is 3.95. The van der Waals surface area contributed by atoms with Gasteiger partial charge in [-0.2, -0.15) is 0 Å². The molecule has 2 nitrogen and oxygen atoms in total. The maximum absolute atomic E-state index is 12.3. The minimum atomic E-state index is 1.02. The van der Waals surface area contributed by atoms with Gasteiger partial charge in [-0.3, -0.25) is 0 Å². The van der Waals surface area contributed by atoms with Crippen molar-refractivity contribution in [2.24, 2.45) is 0 Å². The van der Waals surface area contributed by atoms with Crippen LogP contribution in [-0.4, -0.2) is 4.70 Å². The average molecular weight is 1130 g/mol. The first kappa shape index (κ1) is 73.1. The monoisotopic (exact) mass is 1130 g/mol. The molecule has 0 amide bonds. The SMILES string of the molecule is CCCCC1=C(c2cc(CC)c(CCCC)c(CC)c2)[N+](=[N-])C(c2cc(CC)c(CCCC)c(CC)c2)=C1CCCC.CCCCCCCCCCCCCCCCC[CH2][Ni][CH2]CCCCCCCCCCCCCCCCC. The van der Waals surface area contributed by atoms with Crippen molar-refractivity contribution < 1.29 is 19.1 Å². The van der Waals surface area contributed by atoms with E-state index in [1.807, 2.05) is 14.4 Å². The van der Waals surface area contributed by atoms with Gasteiger partial charge in [0.05, 0.1) is 0 Å². The number of aryl methyl sites for hydroxylation is 4. The number of unbranched alkanes of at least 4 members (excludes halogenated alkanes) is 34. The Morgan fingerprint density at radius 3 is 0.722 bits per heavy atom. The van der Waals surface area contributed by atoms with Crippen molar-refractivity contribution in [2.45, 2.75) is 388 Å². The summed E-state index contributed by atoms with van der Waals surface area (Å²) in [6, 6.07) is 9.66. The minimum Gasteiger partial charge on any atom is -0.0654 e. The number of hydrogen-bond acceptors (Lipinski definition) is 0. The van der Waals surface area contributed by atoms with E-state index in [0.29, 0.717) is 0 Å². The number of allylic oxidation sites excluding steroid dienone is 2. The van der Waals surface area contributed by atoms with Crippen molar-refractivity contribution in [1.82, 2.24) is 0 Å². The summed E-state index contributed by atoms with van der Waals surface area (Å²) in [6.45, 7) is 22.9. The van der Waals surface area contributed by atoms with Crippen molar-refractivity contribution in [1.29, 1.82) is 0 Å². The standard InChI is InChI=1S/C40H60N2.2C18H37.Ni/c1-9-17-21-35-29(13-5)25-33(26-30(35)14-6)39-37(23-19-11-3)38(24-20-12-4)40(42(39)41)34-27-31(15-7)36(22-18-10-2)32(16-8)28-34;2*1-3-5-7-9-11-13-15-17-18-16-14-12-10-8-6-4-2;/h25-28H,9-24H2,1-8H3;2*1,3-18H2,2H3;. The van der Waals surface area contributed by atoms with Crippen molar-refractivity contribution in [3.8, 4) is 0 Å². The van der Waals surface area contributed by atoms with E-state index in [9.17, 15) is 5.53 Å². The fourth-order valence-electron chi connectivity index (χ4n) is 12.5. The van der Waals surface area contributed by atoms with Crippen molar-refractivity contribution in [3.63, 3.8) is 0 Å².